The first-order chi connectivity index (χ1) is 17.5. The van der Waals surface area contributed by atoms with Gasteiger partial charge in [0.15, 0.2) is 0 Å². The van der Waals surface area contributed by atoms with Crippen molar-refractivity contribution in [1.82, 2.24) is 15.5 Å². The Bertz CT molecular complexity index is 942. The number of thiophene rings is 1. The Morgan fingerprint density at radius 3 is 2.31 bits per heavy atom. The average Bonchev–Trinajstić information content (AvgIpc) is 3.41. The highest BCUT2D eigenvalue weighted by Gasteiger charge is 2.36. The van der Waals surface area contributed by atoms with Crippen molar-refractivity contribution < 1.29 is 9.59 Å². The van der Waals surface area contributed by atoms with Crippen LogP contribution >= 0.6 is 11.3 Å². The van der Waals surface area contributed by atoms with Gasteiger partial charge in [0, 0.05) is 25.2 Å². The van der Waals surface area contributed by atoms with E-state index in [1.54, 1.807) is 18.4 Å². The van der Waals surface area contributed by atoms with Gasteiger partial charge in [0.2, 0.25) is 11.8 Å². The van der Waals surface area contributed by atoms with Gasteiger partial charge in [-0.2, -0.15) is 0 Å². The molecule has 2 unspecified atom stereocenters. The maximum absolute atomic E-state index is 13.1. The topological polar surface area (TPSA) is 73.5 Å². The van der Waals surface area contributed by atoms with E-state index in [9.17, 15) is 9.59 Å². The van der Waals surface area contributed by atoms with Crippen molar-refractivity contribution in [2.24, 2.45) is 5.92 Å². The van der Waals surface area contributed by atoms with Crippen LogP contribution in [0.15, 0.2) is 41.8 Å². The van der Waals surface area contributed by atoms with Crippen molar-refractivity contribution >= 4 is 28.2 Å². The van der Waals surface area contributed by atoms with E-state index in [4.69, 9.17) is 0 Å². The van der Waals surface area contributed by atoms with E-state index in [1.807, 2.05) is 24.9 Å². The molecule has 1 saturated carbocycles. The van der Waals surface area contributed by atoms with Crippen LogP contribution in [0.2, 0.25) is 0 Å². The molecule has 1 aliphatic heterocycles. The standard InChI is InChI=1S/C18H33N3O2.C11H11NS/c1-13-9-7-8-12-21(13)18(23)16(15-10-5-4-6-11-15)20-17(22)14(2)19-3;1-12-11-10(7-8-13-11)9-5-3-2-4-6-9/h13-16,19H,4-12H2,1-3H3,(H,20,22);2-8,12H,1H3/t13?,14-,16?;/m0./s1. The zero-order valence-corrected chi connectivity index (χ0v) is 23.2. The van der Waals surface area contributed by atoms with Crippen LogP contribution in [0.5, 0.6) is 0 Å². The van der Waals surface area contributed by atoms with E-state index in [-0.39, 0.29) is 23.9 Å². The number of likely N-dealkylation sites (tertiary alicyclic amines) is 1. The third kappa shape index (κ3) is 7.56. The lowest BCUT2D eigenvalue weighted by Crippen LogP contribution is -2.57. The molecule has 2 fully saturated rings. The van der Waals surface area contributed by atoms with Crippen LogP contribution in [0, 0.1) is 5.92 Å². The summed E-state index contributed by atoms with van der Waals surface area (Å²) in [7, 11) is 3.73. The summed E-state index contributed by atoms with van der Waals surface area (Å²) in [5.41, 5.74) is 2.56. The lowest BCUT2D eigenvalue weighted by atomic mass is 9.82. The Labute approximate surface area is 221 Å². The molecule has 1 saturated heterocycles. The lowest BCUT2D eigenvalue weighted by Gasteiger charge is -2.39. The lowest BCUT2D eigenvalue weighted by molar-refractivity contribution is -0.141. The van der Waals surface area contributed by atoms with Crippen molar-refractivity contribution in [3.63, 3.8) is 0 Å². The summed E-state index contributed by atoms with van der Waals surface area (Å²) in [4.78, 5) is 27.5. The number of rotatable bonds is 7. The fourth-order valence-corrected chi connectivity index (χ4v) is 5.98. The van der Waals surface area contributed by atoms with E-state index >= 15 is 0 Å². The van der Waals surface area contributed by atoms with E-state index in [1.165, 1.54) is 41.8 Å². The van der Waals surface area contributed by atoms with Crippen molar-refractivity contribution in [1.29, 1.82) is 0 Å². The normalized spacial score (nSPS) is 20.0. The molecule has 0 bridgehead atoms. The number of nitrogens with one attached hydrogen (secondary N) is 3. The maximum atomic E-state index is 13.1. The van der Waals surface area contributed by atoms with Crippen molar-refractivity contribution in [2.75, 3.05) is 26.0 Å². The molecule has 198 valence electrons. The van der Waals surface area contributed by atoms with E-state index in [2.05, 4.69) is 58.6 Å². The van der Waals surface area contributed by atoms with Crippen LogP contribution in [-0.2, 0) is 9.59 Å². The summed E-state index contributed by atoms with van der Waals surface area (Å²) in [6.07, 6.45) is 9.03. The highest BCUT2D eigenvalue weighted by Crippen LogP contribution is 2.32. The second kappa shape index (κ2) is 14.4. The van der Waals surface area contributed by atoms with E-state index in [0.717, 1.165) is 32.2 Å². The van der Waals surface area contributed by atoms with Crippen LogP contribution in [0.1, 0.15) is 65.2 Å². The largest absolute Gasteiger partial charge is 0.379 e. The number of carbonyl (C=O) groups excluding carboxylic acids is 2. The minimum absolute atomic E-state index is 0.0684. The van der Waals surface area contributed by atoms with Crippen molar-refractivity contribution in [3.8, 4) is 11.1 Å². The monoisotopic (exact) mass is 512 g/mol. The van der Waals surface area contributed by atoms with Gasteiger partial charge in [0.25, 0.3) is 0 Å². The Balaban J connectivity index is 0.000000233. The molecule has 36 heavy (non-hydrogen) atoms. The van der Waals surface area contributed by atoms with Gasteiger partial charge in [-0.3, -0.25) is 9.59 Å². The number of nitrogens with zero attached hydrogens (tertiary/aromatic N) is 1. The molecular formula is C29H44N4O2S. The number of hydrogen-bond acceptors (Lipinski definition) is 5. The minimum Gasteiger partial charge on any atom is -0.379 e. The molecule has 0 radical (unpaired) electrons. The molecule has 1 aromatic heterocycles. The summed E-state index contributed by atoms with van der Waals surface area (Å²) in [6.45, 7) is 4.80. The van der Waals surface area contributed by atoms with Crippen LogP contribution < -0.4 is 16.0 Å². The number of carbonyl (C=O) groups is 2. The third-order valence-corrected chi connectivity index (χ3v) is 8.51. The van der Waals surface area contributed by atoms with Crippen LogP contribution in [0.4, 0.5) is 5.00 Å². The van der Waals surface area contributed by atoms with Crippen LogP contribution in [0.25, 0.3) is 11.1 Å². The first-order valence-electron chi connectivity index (χ1n) is 13.5. The minimum atomic E-state index is -0.348. The Morgan fingerprint density at radius 2 is 1.67 bits per heavy atom. The summed E-state index contributed by atoms with van der Waals surface area (Å²) in [5, 5.41) is 12.6. The molecule has 3 atom stereocenters. The molecule has 2 aromatic rings. The number of anilines is 1. The molecule has 6 nitrogen and oxygen atoms in total. The molecule has 7 heteroatoms. The number of piperidine rings is 1. The molecule has 4 rings (SSSR count). The first-order valence-corrected chi connectivity index (χ1v) is 14.4. The van der Waals surface area contributed by atoms with Gasteiger partial charge in [0.05, 0.1) is 11.0 Å². The van der Waals surface area contributed by atoms with Gasteiger partial charge in [0.1, 0.15) is 6.04 Å². The predicted molar refractivity (Wildman–Crippen MR) is 151 cm³/mol. The molecule has 1 aliphatic carbocycles. The quantitative estimate of drug-likeness (QED) is 0.457. The SMILES string of the molecule is CN[C@@H](C)C(=O)NC(C(=O)N1CCCCC1C)C1CCCCC1.CNc1sccc1-c1ccccc1. The Morgan fingerprint density at radius 1 is 0.972 bits per heavy atom. The molecule has 3 N–H and O–H groups in total. The van der Waals surface area contributed by atoms with Crippen molar-refractivity contribution in [2.45, 2.75) is 83.3 Å². The molecular weight excluding hydrogens is 468 g/mol. The molecule has 2 amide bonds. The van der Waals surface area contributed by atoms with Crippen LogP contribution in [-0.4, -0.2) is 55.5 Å². The zero-order valence-electron chi connectivity index (χ0n) is 22.4. The van der Waals surface area contributed by atoms with Gasteiger partial charge in [-0.05, 0) is 75.9 Å². The highest BCUT2D eigenvalue weighted by atomic mass is 32.1. The Kier molecular flexibility index (Phi) is 11.3. The van der Waals surface area contributed by atoms with Gasteiger partial charge in [-0.1, -0.05) is 49.6 Å². The van der Waals surface area contributed by atoms with E-state index < -0.39 is 0 Å². The fraction of sp³-hybridized carbons (Fsp3) is 0.586. The predicted octanol–water partition coefficient (Wildman–Crippen LogP) is 5.52. The molecule has 1 aromatic carbocycles. The second-order valence-corrected chi connectivity index (χ2v) is 11.0. The number of benzene rings is 1. The summed E-state index contributed by atoms with van der Waals surface area (Å²) >= 11 is 1.73. The smallest absolute Gasteiger partial charge is 0.245 e. The third-order valence-electron chi connectivity index (χ3n) is 7.57. The number of likely N-dealkylation sites (N-methyl/N-ethyl adjacent to an activating group) is 1. The number of amides is 2. The number of hydrogen-bond donors (Lipinski definition) is 3. The maximum Gasteiger partial charge on any atom is 0.245 e. The summed E-state index contributed by atoms with van der Waals surface area (Å²) in [6, 6.07) is 12.2. The first kappa shape index (κ1) is 28.2. The zero-order chi connectivity index (χ0) is 25.9. The second-order valence-electron chi connectivity index (χ2n) is 10.1. The van der Waals surface area contributed by atoms with Crippen LogP contribution in [0.3, 0.4) is 0 Å². The van der Waals surface area contributed by atoms with Gasteiger partial charge >= 0.3 is 0 Å². The highest BCUT2D eigenvalue weighted by molar-refractivity contribution is 7.14. The summed E-state index contributed by atoms with van der Waals surface area (Å²) < 4.78 is 0. The van der Waals surface area contributed by atoms with Gasteiger partial charge < -0.3 is 20.9 Å². The molecule has 2 aliphatic rings. The Hall–Kier alpha value is -2.38. The average molecular weight is 513 g/mol. The van der Waals surface area contributed by atoms with Crippen molar-refractivity contribution in [3.05, 3.63) is 41.8 Å². The van der Waals surface area contributed by atoms with Gasteiger partial charge in [-0.15, -0.1) is 11.3 Å². The fourth-order valence-electron chi connectivity index (χ4n) is 5.21. The molecule has 0 spiro atoms. The van der Waals surface area contributed by atoms with Gasteiger partial charge in [-0.25, -0.2) is 0 Å². The van der Waals surface area contributed by atoms with E-state index in [0.29, 0.717) is 12.0 Å². The molecule has 2 heterocycles. The summed E-state index contributed by atoms with van der Waals surface area (Å²) in [5.74, 6) is 0.361.